The molecular weight excluding hydrogens is 226 g/mol. The van der Waals surface area contributed by atoms with Crippen LogP contribution >= 0.6 is 0 Å². The van der Waals surface area contributed by atoms with Crippen molar-refractivity contribution in [1.82, 2.24) is 19.9 Å². The van der Waals surface area contributed by atoms with Gasteiger partial charge in [0.2, 0.25) is 0 Å². The van der Waals surface area contributed by atoms with Crippen molar-refractivity contribution in [3.05, 3.63) is 28.8 Å². The first-order valence-corrected chi connectivity index (χ1v) is 4.75. The predicted octanol–water partition coefficient (Wildman–Crippen LogP) is 0.0575. The maximum atomic E-state index is 9.86. The van der Waals surface area contributed by atoms with Crippen LogP contribution in [0.4, 0.5) is 0 Å². The van der Waals surface area contributed by atoms with E-state index in [1.54, 1.807) is 0 Å². The Bertz CT molecular complexity index is 562. The van der Waals surface area contributed by atoms with Crippen LogP contribution in [0.25, 0.3) is 21.6 Å². The molecule has 2 unspecified atom stereocenters. The van der Waals surface area contributed by atoms with E-state index in [0.717, 1.165) is 0 Å². The predicted molar refractivity (Wildman–Crippen MR) is 56.7 cm³/mol. The van der Waals surface area contributed by atoms with Crippen LogP contribution in [0.15, 0.2) is 17.8 Å². The van der Waals surface area contributed by atoms with Crippen molar-refractivity contribution in [1.29, 1.82) is 0 Å². The monoisotopic (exact) mass is 235 g/mol. The zero-order chi connectivity index (χ0) is 12.3. The van der Waals surface area contributed by atoms with E-state index < -0.39 is 12.2 Å². The summed E-state index contributed by atoms with van der Waals surface area (Å²) >= 11 is 0. The first kappa shape index (κ1) is 11.3. The van der Waals surface area contributed by atoms with E-state index in [1.165, 1.54) is 12.7 Å². The molecule has 2 atom stereocenters. The van der Waals surface area contributed by atoms with E-state index in [4.69, 9.17) is 5.53 Å². The van der Waals surface area contributed by atoms with E-state index in [-0.39, 0.29) is 12.2 Å². The second-order valence-electron chi connectivity index (χ2n) is 3.29. The molecule has 0 aromatic carbocycles. The molecule has 2 aromatic rings. The maximum absolute atomic E-state index is 9.86. The summed E-state index contributed by atoms with van der Waals surface area (Å²) in [7, 11) is 0. The molecule has 0 bridgehead atoms. The molecule has 17 heavy (non-hydrogen) atoms. The van der Waals surface area contributed by atoms with Gasteiger partial charge in [0.15, 0.2) is 5.65 Å². The first-order valence-electron chi connectivity index (χ1n) is 4.75. The van der Waals surface area contributed by atoms with E-state index in [0.29, 0.717) is 11.2 Å². The maximum Gasteiger partial charge on any atom is 0.180 e. The molecule has 0 saturated heterocycles. The van der Waals surface area contributed by atoms with Gasteiger partial charge < -0.3 is 15.2 Å². The molecule has 0 saturated carbocycles. The standard InChI is InChI=1S/C8H9N7O2/c9-15-14-1-4(16)7(17)5-6-8(12-2-10-5)13-3-11-6/h2-4,7,16-17H,1H2,(H,10,11,12,13). The molecule has 0 spiro atoms. The molecule has 2 aromatic heterocycles. The number of aliphatic hydroxyl groups excluding tert-OH is 2. The second-order valence-corrected chi connectivity index (χ2v) is 3.29. The lowest BCUT2D eigenvalue weighted by molar-refractivity contribution is 0.0226. The highest BCUT2D eigenvalue weighted by atomic mass is 16.3. The van der Waals surface area contributed by atoms with Crippen molar-refractivity contribution in [3.8, 4) is 0 Å². The fraction of sp³-hybridized carbons (Fsp3) is 0.375. The quantitative estimate of drug-likeness (QED) is 0.389. The number of rotatable bonds is 4. The SMILES string of the molecule is [N-]=[N+]=NCC(O)C(O)c1ncnc2nc[nH]c12. The van der Waals surface area contributed by atoms with Crippen molar-refractivity contribution in [3.63, 3.8) is 0 Å². The molecule has 2 heterocycles. The van der Waals surface area contributed by atoms with Crippen LogP contribution in [0.2, 0.25) is 0 Å². The molecule has 0 fully saturated rings. The Morgan fingerprint density at radius 1 is 1.41 bits per heavy atom. The van der Waals surface area contributed by atoms with Crippen molar-refractivity contribution in [2.75, 3.05) is 6.54 Å². The molecule has 0 aliphatic carbocycles. The van der Waals surface area contributed by atoms with Gasteiger partial charge >= 0.3 is 0 Å². The van der Waals surface area contributed by atoms with Gasteiger partial charge in [-0.2, -0.15) is 0 Å². The van der Waals surface area contributed by atoms with Crippen molar-refractivity contribution < 1.29 is 10.2 Å². The Balaban J connectivity index is 2.32. The third-order valence-corrected chi connectivity index (χ3v) is 2.23. The van der Waals surface area contributed by atoms with Gasteiger partial charge in [-0.15, -0.1) is 0 Å². The Morgan fingerprint density at radius 3 is 3.00 bits per heavy atom. The first-order chi connectivity index (χ1) is 8.24. The van der Waals surface area contributed by atoms with Gasteiger partial charge in [0.25, 0.3) is 0 Å². The number of aliphatic hydroxyl groups is 2. The Labute approximate surface area is 94.8 Å². The van der Waals surface area contributed by atoms with E-state index in [9.17, 15) is 10.2 Å². The number of azide groups is 1. The highest BCUT2D eigenvalue weighted by Gasteiger charge is 2.22. The van der Waals surface area contributed by atoms with Crippen LogP contribution < -0.4 is 0 Å². The van der Waals surface area contributed by atoms with Crippen LogP contribution in [0.1, 0.15) is 11.8 Å². The molecule has 9 nitrogen and oxygen atoms in total. The summed E-state index contributed by atoms with van der Waals surface area (Å²) in [5.74, 6) is 0. The summed E-state index contributed by atoms with van der Waals surface area (Å²) in [6, 6.07) is 0. The van der Waals surface area contributed by atoms with Crippen LogP contribution in [-0.4, -0.2) is 42.8 Å². The largest absolute Gasteiger partial charge is 0.390 e. The molecule has 88 valence electrons. The fourth-order valence-electron chi connectivity index (χ4n) is 1.41. The second kappa shape index (κ2) is 4.74. The summed E-state index contributed by atoms with van der Waals surface area (Å²) < 4.78 is 0. The third-order valence-electron chi connectivity index (χ3n) is 2.23. The van der Waals surface area contributed by atoms with Gasteiger partial charge in [0.1, 0.15) is 23.6 Å². The highest BCUT2D eigenvalue weighted by Crippen LogP contribution is 2.20. The van der Waals surface area contributed by atoms with Crippen LogP contribution in [-0.2, 0) is 0 Å². The topological polar surface area (TPSA) is 144 Å². The van der Waals surface area contributed by atoms with E-state index in [2.05, 4.69) is 30.0 Å². The number of aromatic nitrogens is 4. The summed E-state index contributed by atoms with van der Waals surface area (Å²) in [5, 5.41) is 22.6. The number of fused-ring (bicyclic) bond motifs is 1. The van der Waals surface area contributed by atoms with Gasteiger partial charge in [-0.05, 0) is 5.53 Å². The van der Waals surface area contributed by atoms with Gasteiger partial charge in [-0.3, -0.25) is 0 Å². The molecule has 9 heteroatoms. The lowest BCUT2D eigenvalue weighted by atomic mass is 10.1. The Morgan fingerprint density at radius 2 is 2.24 bits per heavy atom. The number of nitrogens with one attached hydrogen (secondary N) is 1. The molecular formula is C8H9N7O2. The average molecular weight is 235 g/mol. The minimum absolute atomic E-state index is 0.216. The summed E-state index contributed by atoms with van der Waals surface area (Å²) in [6.07, 6.45) is 0.149. The van der Waals surface area contributed by atoms with Crippen LogP contribution in [0.5, 0.6) is 0 Å². The lowest BCUT2D eigenvalue weighted by Gasteiger charge is -2.15. The summed E-state index contributed by atoms with van der Waals surface area (Å²) in [4.78, 5) is 16.9. The van der Waals surface area contributed by atoms with E-state index >= 15 is 0 Å². The molecule has 0 aliphatic heterocycles. The molecule has 0 amide bonds. The van der Waals surface area contributed by atoms with Gasteiger partial charge in [0.05, 0.1) is 19.0 Å². The van der Waals surface area contributed by atoms with Gasteiger partial charge in [0, 0.05) is 4.91 Å². The van der Waals surface area contributed by atoms with Crippen LogP contribution in [0.3, 0.4) is 0 Å². The smallest absolute Gasteiger partial charge is 0.180 e. The van der Waals surface area contributed by atoms with E-state index in [1.807, 2.05) is 0 Å². The normalized spacial score (nSPS) is 14.2. The molecule has 2 rings (SSSR count). The number of nitrogens with zero attached hydrogens (tertiary/aromatic N) is 6. The number of hydrogen-bond donors (Lipinski definition) is 3. The molecule has 0 aliphatic rings. The Kier molecular flexibility index (Phi) is 3.15. The summed E-state index contributed by atoms with van der Waals surface area (Å²) in [5.41, 5.74) is 9.18. The fourth-order valence-corrected chi connectivity index (χ4v) is 1.41. The minimum Gasteiger partial charge on any atom is -0.390 e. The van der Waals surface area contributed by atoms with Crippen molar-refractivity contribution >= 4 is 11.2 Å². The van der Waals surface area contributed by atoms with Crippen molar-refractivity contribution in [2.24, 2.45) is 5.11 Å². The van der Waals surface area contributed by atoms with Gasteiger partial charge in [-0.1, -0.05) is 5.11 Å². The zero-order valence-corrected chi connectivity index (χ0v) is 8.59. The highest BCUT2D eigenvalue weighted by molar-refractivity contribution is 5.72. The zero-order valence-electron chi connectivity index (χ0n) is 8.59. The average Bonchev–Trinajstić information content (AvgIpc) is 2.82. The number of H-pyrrole nitrogens is 1. The summed E-state index contributed by atoms with van der Waals surface area (Å²) in [6.45, 7) is -0.239. The number of hydrogen-bond acceptors (Lipinski definition) is 6. The molecule has 0 radical (unpaired) electrons. The minimum atomic E-state index is -1.27. The van der Waals surface area contributed by atoms with Crippen molar-refractivity contribution in [2.45, 2.75) is 12.2 Å². The third kappa shape index (κ3) is 2.16. The number of aromatic amines is 1. The Hall–Kier alpha value is -2.22. The molecule has 3 N–H and O–H groups in total. The lowest BCUT2D eigenvalue weighted by Crippen LogP contribution is -2.22. The van der Waals surface area contributed by atoms with Gasteiger partial charge in [-0.25, -0.2) is 15.0 Å². The number of imidazole rings is 1. The van der Waals surface area contributed by atoms with Crippen LogP contribution in [0, 0.1) is 0 Å².